The fourth-order valence-electron chi connectivity index (χ4n) is 1.79. The van der Waals surface area contributed by atoms with Gasteiger partial charge in [-0.1, -0.05) is 6.07 Å². The molecule has 0 heterocycles. The molecule has 0 aliphatic rings. The van der Waals surface area contributed by atoms with E-state index in [0.29, 0.717) is 11.3 Å². The second-order valence-corrected chi connectivity index (χ2v) is 4.62. The summed E-state index contributed by atoms with van der Waals surface area (Å²) >= 11 is 0. The summed E-state index contributed by atoms with van der Waals surface area (Å²) in [6.45, 7) is -0.399. The number of carbonyl (C=O) groups is 3. The summed E-state index contributed by atoms with van der Waals surface area (Å²) in [5.41, 5.74) is 0.346. The van der Waals surface area contributed by atoms with Crippen LogP contribution < -0.4 is 10.1 Å². The summed E-state index contributed by atoms with van der Waals surface area (Å²) in [5.74, 6) is -1.55. The zero-order valence-electron chi connectivity index (χ0n) is 13.1. The fraction of sp³-hybridized carbons (Fsp3) is 0.400. The molecule has 0 saturated carbocycles. The number of nitrogens with one attached hydrogen (secondary N) is 1. The van der Waals surface area contributed by atoms with Gasteiger partial charge in [-0.05, 0) is 18.2 Å². The highest BCUT2D eigenvalue weighted by Gasteiger charge is 2.17. The van der Waals surface area contributed by atoms with Crippen LogP contribution in [0.1, 0.15) is 10.4 Å². The normalized spacial score (nSPS) is 10.0. The lowest BCUT2D eigenvalue weighted by molar-refractivity contribution is -0.144. The number of carboxylic acids is 1. The minimum absolute atomic E-state index is 0.136. The molecular weight excluding hydrogens is 304 g/mol. The SMILES string of the molecule is COCCN(CC(=O)O)C(=O)CNC(=O)c1cccc(OC)c1. The number of benzene rings is 1. The molecule has 2 N–H and O–H groups in total. The number of hydrogen-bond acceptors (Lipinski definition) is 5. The van der Waals surface area contributed by atoms with Crippen LogP contribution in [-0.2, 0) is 14.3 Å². The van der Waals surface area contributed by atoms with Gasteiger partial charge >= 0.3 is 5.97 Å². The molecule has 2 amide bonds. The molecule has 0 spiro atoms. The molecule has 1 aromatic carbocycles. The molecule has 8 nitrogen and oxygen atoms in total. The van der Waals surface area contributed by atoms with Crippen molar-refractivity contribution in [2.24, 2.45) is 0 Å². The average Bonchev–Trinajstić information content (AvgIpc) is 2.55. The lowest BCUT2D eigenvalue weighted by Crippen LogP contribution is -2.44. The minimum atomic E-state index is -1.13. The maximum Gasteiger partial charge on any atom is 0.323 e. The first-order valence-corrected chi connectivity index (χ1v) is 6.88. The molecule has 0 aliphatic heterocycles. The van der Waals surface area contributed by atoms with E-state index in [2.05, 4.69) is 5.32 Å². The first-order chi connectivity index (χ1) is 11.0. The Morgan fingerprint density at radius 3 is 2.61 bits per heavy atom. The Hall–Kier alpha value is -2.61. The van der Waals surface area contributed by atoms with Gasteiger partial charge < -0.3 is 24.8 Å². The van der Waals surface area contributed by atoms with E-state index in [0.717, 1.165) is 4.90 Å². The lowest BCUT2D eigenvalue weighted by Gasteiger charge is -2.20. The van der Waals surface area contributed by atoms with E-state index in [1.54, 1.807) is 24.3 Å². The molecule has 0 aromatic heterocycles. The summed E-state index contributed by atoms with van der Waals surface area (Å²) < 4.78 is 9.86. The highest BCUT2D eigenvalue weighted by molar-refractivity contribution is 5.97. The van der Waals surface area contributed by atoms with Gasteiger partial charge in [0.15, 0.2) is 0 Å². The van der Waals surface area contributed by atoms with Crippen LogP contribution >= 0.6 is 0 Å². The van der Waals surface area contributed by atoms with Crippen molar-refractivity contribution in [2.75, 3.05) is 40.5 Å². The zero-order valence-corrected chi connectivity index (χ0v) is 13.1. The summed E-state index contributed by atoms with van der Waals surface area (Å²) in [6, 6.07) is 6.48. The average molecular weight is 324 g/mol. The van der Waals surface area contributed by atoms with E-state index >= 15 is 0 Å². The van der Waals surface area contributed by atoms with E-state index in [4.69, 9.17) is 14.6 Å². The molecular formula is C15H20N2O6. The van der Waals surface area contributed by atoms with Crippen LogP contribution in [0.3, 0.4) is 0 Å². The molecule has 0 fully saturated rings. The number of hydrogen-bond donors (Lipinski definition) is 2. The predicted octanol–water partition coefficient (Wildman–Crippen LogP) is -0.0154. The molecule has 0 unspecified atom stereocenters. The van der Waals surface area contributed by atoms with Gasteiger partial charge in [-0.3, -0.25) is 14.4 Å². The summed E-state index contributed by atoms with van der Waals surface area (Å²) in [6.07, 6.45) is 0. The highest BCUT2D eigenvalue weighted by Crippen LogP contribution is 2.12. The number of carboxylic acid groups (broad SMARTS) is 1. The third kappa shape index (κ3) is 6.35. The van der Waals surface area contributed by atoms with Crippen molar-refractivity contribution in [1.29, 1.82) is 0 Å². The standard InChI is InChI=1S/C15H20N2O6/c1-22-7-6-17(10-14(19)20)13(18)9-16-15(21)11-4-3-5-12(8-11)23-2/h3-5,8H,6-7,9-10H2,1-2H3,(H,16,21)(H,19,20). The molecule has 0 atom stereocenters. The van der Waals surface area contributed by atoms with Gasteiger partial charge in [-0.25, -0.2) is 0 Å². The van der Waals surface area contributed by atoms with Gasteiger partial charge in [0.1, 0.15) is 12.3 Å². The van der Waals surface area contributed by atoms with Crippen LogP contribution in [0.2, 0.25) is 0 Å². The van der Waals surface area contributed by atoms with Crippen molar-refractivity contribution in [3.8, 4) is 5.75 Å². The van der Waals surface area contributed by atoms with Crippen molar-refractivity contribution < 1.29 is 29.0 Å². The van der Waals surface area contributed by atoms with Gasteiger partial charge in [0.25, 0.3) is 5.91 Å². The number of rotatable bonds is 9. The van der Waals surface area contributed by atoms with Crippen LogP contribution in [0, 0.1) is 0 Å². The Kier molecular flexibility index (Phi) is 7.55. The first-order valence-electron chi connectivity index (χ1n) is 6.88. The molecule has 0 radical (unpaired) electrons. The number of ether oxygens (including phenoxy) is 2. The van der Waals surface area contributed by atoms with Crippen LogP contribution in [0.15, 0.2) is 24.3 Å². The number of nitrogens with zero attached hydrogens (tertiary/aromatic N) is 1. The summed E-state index contributed by atoms with van der Waals surface area (Å²) in [5, 5.41) is 11.3. The van der Waals surface area contributed by atoms with Gasteiger partial charge in [0.2, 0.25) is 5.91 Å². The molecule has 0 saturated heterocycles. The van der Waals surface area contributed by atoms with Crippen LogP contribution in [0.4, 0.5) is 0 Å². The fourth-order valence-corrected chi connectivity index (χ4v) is 1.79. The van der Waals surface area contributed by atoms with Gasteiger partial charge in [-0.15, -0.1) is 0 Å². The van der Waals surface area contributed by atoms with Gasteiger partial charge in [0.05, 0.1) is 20.3 Å². The van der Waals surface area contributed by atoms with Crippen LogP contribution in [-0.4, -0.2) is 68.3 Å². The van der Waals surface area contributed by atoms with Crippen molar-refractivity contribution >= 4 is 17.8 Å². The molecule has 126 valence electrons. The summed E-state index contributed by atoms with van der Waals surface area (Å²) in [7, 11) is 2.94. The van der Waals surface area contributed by atoms with E-state index in [9.17, 15) is 14.4 Å². The molecule has 0 aliphatic carbocycles. The Labute approximate surface area is 134 Å². The second-order valence-electron chi connectivity index (χ2n) is 4.62. The van der Waals surface area contributed by atoms with Crippen LogP contribution in [0.25, 0.3) is 0 Å². The lowest BCUT2D eigenvalue weighted by atomic mass is 10.2. The van der Waals surface area contributed by atoms with Crippen molar-refractivity contribution in [2.45, 2.75) is 0 Å². The smallest absolute Gasteiger partial charge is 0.323 e. The Balaban J connectivity index is 2.60. The molecule has 1 aromatic rings. The topological polar surface area (TPSA) is 105 Å². The number of aliphatic carboxylic acids is 1. The predicted molar refractivity (Wildman–Crippen MR) is 81.4 cm³/mol. The Morgan fingerprint density at radius 1 is 1.26 bits per heavy atom. The maximum absolute atomic E-state index is 12.0. The Bertz CT molecular complexity index is 561. The van der Waals surface area contributed by atoms with Crippen molar-refractivity contribution in [3.63, 3.8) is 0 Å². The minimum Gasteiger partial charge on any atom is -0.497 e. The zero-order chi connectivity index (χ0) is 17.2. The number of amides is 2. The third-order valence-electron chi connectivity index (χ3n) is 2.98. The number of carbonyl (C=O) groups excluding carboxylic acids is 2. The molecule has 23 heavy (non-hydrogen) atoms. The van der Waals surface area contributed by atoms with E-state index in [-0.39, 0.29) is 19.7 Å². The highest BCUT2D eigenvalue weighted by atomic mass is 16.5. The molecule has 8 heteroatoms. The van der Waals surface area contributed by atoms with Crippen molar-refractivity contribution in [1.82, 2.24) is 10.2 Å². The largest absolute Gasteiger partial charge is 0.497 e. The summed E-state index contributed by atoms with van der Waals surface area (Å²) in [4.78, 5) is 35.9. The molecule has 0 bridgehead atoms. The first kappa shape index (κ1) is 18.4. The van der Waals surface area contributed by atoms with E-state index in [1.807, 2.05) is 0 Å². The quantitative estimate of drug-likeness (QED) is 0.662. The van der Waals surface area contributed by atoms with Crippen LogP contribution in [0.5, 0.6) is 5.75 Å². The van der Waals surface area contributed by atoms with Gasteiger partial charge in [-0.2, -0.15) is 0 Å². The second kappa shape index (κ2) is 9.42. The van der Waals surface area contributed by atoms with Gasteiger partial charge in [0, 0.05) is 19.2 Å². The van der Waals surface area contributed by atoms with E-state index < -0.39 is 24.3 Å². The van der Waals surface area contributed by atoms with Crippen molar-refractivity contribution in [3.05, 3.63) is 29.8 Å². The number of methoxy groups -OCH3 is 2. The molecule has 1 rings (SSSR count). The maximum atomic E-state index is 12.0. The Morgan fingerprint density at radius 2 is 2.00 bits per heavy atom. The monoisotopic (exact) mass is 324 g/mol. The van der Waals surface area contributed by atoms with E-state index in [1.165, 1.54) is 14.2 Å². The third-order valence-corrected chi connectivity index (χ3v) is 2.98.